The Morgan fingerprint density at radius 2 is 2.06 bits per heavy atom. The zero-order valence-corrected chi connectivity index (χ0v) is 11.0. The molecule has 0 bridgehead atoms. The van der Waals surface area contributed by atoms with Crippen molar-refractivity contribution in [2.75, 3.05) is 31.1 Å². The van der Waals surface area contributed by atoms with Crippen LogP contribution >= 0.6 is 11.8 Å². The Balaban J connectivity index is 2.15. The van der Waals surface area contributed by atoms with E-state index in [9.17, 15) is 9.59 Å². The van der Waals surface area contributed by atoms with Gasteiger partial charge in [-0.1, -0.05) is 6.92 Å². The summed E-state index contributed by atoms with van der Waals surface area (Å²) in [6, 6.07) is -0.0209. The maximum absolute atomic E-state index is 11.7. The predicted molar refractivity (Wildman–Crippen MR) is 68.3 cm³/mol. The molecule has 1 fully saturated rings. The van der Waals surface area contributed by atoms with Gasteiger partial charge in [-0.05, 0) is 12.3 Å². The highest BCUT2D eigenvalue weighted by molar-refractivity contribution is 7.99. The van der Waals surface area contributed by atoms with Gasteiger partial charge in [0.15, 0.2) is 0 Å². The minimum absolute atomic E-state index is 0.0209. The Labute approximate surface area is 106 Å². The van der Waals surface area contributed by atoms with Gasteiger partial charge in [0.05, 0.1) is 0 Å². The van der Waals surface area contributed by atoms with Crippen LogP contribution in [0.25, 0.3) is 0 Å². The van der Waals surface area contributed by atoms with Crippen LogP contribution in [-0.2, 0) is 4.79 Å². The highest BCUT2D eigenvalue weighted by Gasteiger charge is 2.16. The third-order valence-corrected chi connectivity index (χ3v) is 3.69. The third-order valence-electron chi connectivity index (χ3n) is 2.75. The smallest absolute Gasteiger partial charge is 0.317 e. The number of carbonyl (C=O) groups excluding carboxylic acids is 1. The van der Waals surface area contributed by atoms with Crippen LogP contribution in [0, 0.1) is 5.92 Å². The second-order valence-electron chi connectivity index (χ2n) is 4.32. The van der Waals surface area contributed by atoms with Gasteiger partial charge in [0.1, 0.15) is 0 Å². The van der Waals surface area contributed by atoms with Gasteiger partial charge in [-0.25, -0.2) is 4.79 Å². The Hall–Kier alpha value is -0.910. The standard InChI is InChI=1S/C11H20N2O3S/c1-9(2-3-10(14)15)8-12-11(16)13-4-6-17-7-5-13/h9H,2-8H2,1H3,(H,12,16)(H,14,15). The topological polar surface area (TPSA) is 69.6 Å². The van der Waals surface area contributed by atoms with E-state index in [0.29, 0.717) is 13.0 Å². The first-order valence-electron chi connectivity index (χ1n) is 5.92. The summed E-state index contributed by atoms with van der Waals surface area (Å²) < 4.78 is 0. The van der Waals surface area contributed by atoms with Gasteiger partial charge in [-0.15, -0.1) is 0 Å². The molecule has 1 saturated heterocycles. The quantitative estimate of drug-likeness (QED) is 0.780. The number of hydrogen-bond acceptors (Lipinski definition) is 3. The molecule has 0 aliphatic carbocycles. The number of thioether (sulfide) groups is 1. The van der Waals surface area contributed by atoms with Crippen molar-refractivity contribution in [2.24, 2.45) is 5.92 Å². The van der Waals surface area contributed by atoms with Crippen molar-refractivity contribution in [3.05, 3.63) is 0 Å². The van der Waals surface area contributed by atoms with Crippen molar-refractivity contribution in [1.82, 2.24) is 10.2 Å². The van der Waals surface area contributed by atoms with Crippen LogP contribution in [0.5, 0.6) is 0 Å². The second kappa shape index (κ2) is 7.42. The fourth-order valence-corrected chi connectivity index (χ4v) is 2.51. The van der Waals surface area contributed by atoms with Crippen molar-refractivity contribution < 1.29 is 14.7 Å². The first kappa shape index (κ1) is 14.2. The highest BCUT2D eigenvalue weighted by atomic mass is 32.2. The Morgan fingerprint density at radius 1 is 1.41 bits per heavy atom. The van der Waals surface area contributed by atoms with Crippen LogP contribution in [0.1, 0.15) is 19.8 Å². The molecule has 1 unspecified atom stereocenters. The predicted octanol–water partition coefficient (Wildman–Crippen LogP) is 1.25. The largest absolute Gasteiger partial charge is 0.481 e. The fourth-order valence-electron chi connectivity index (χ4n) is 1.61. The molecule has 1 aliphatic heterocycles. The number of amides is 2. The molecule has 1 aliphatic rings. The van der Waals surface area contributed by atoms with Gasteiger partial charge in [-0.2, -0.15) is 11.8 Å². The van der Waals surface area contributed by atoms with Crippen molar-refractivity contribution in [2.45, 2.75) is 19.8 Å². The molecule has 5 nitrogen and oxygen atoms in total. The molecule has 0 radical (unpaired) electrons. The Kier molecular flexibility index (Phi) is 6.18. The van der Waals surface area contributed by atoms with Gasteiger partial charge in [-0.3, -0.25) is 4.79 Å². The molecule has 1 atom stereocenters. The lowest BCUT2D eigenvalue weighted by Gasteiger charge is -2.27. The van der Waals surface area contributed by atoms with E-state index in [1.54, 1.807) is 0 Å². The summed E-state index contributed by atoms with van der Waals surface area (Å²) in [5, 5.41) is 11.4. The van der Waals surface area contributed by atoms with E-state index < -0.39 is 5.97 Å². The van der Waals surface area contributed by atoms with Crippen LogP contribution in [0.15, 0.2) is 0 Å². The minimum Gasteiger partial charge on any atom is -0.481 e. The second-order valence-corrected chi connectivity index (χ2v) is 5.55. The van der Waals surface area contributed by atoms with Gasteiger partial charge in [0.25, 0.3) is 0 Å². The van der Waals surface area contributed by atoms with E-state index in [1.807, 2.05) is 23.6 Å². The molecular weight excluding hydrogens is 240 g/mol. The molecular formula is C11H20N2O3S. The summed E-state index contributed by atoms with van der Waals surface area (Å²) in [5.74, 6) is 1.43. The van der Waals surface area contributed by atoms with Gasteiger partial charge < -0.3 is 15.3 Å². The number of carboxylic acids is 1. The van der Waals surface area contributed by atoms with Crippen molar-refractivity contribution >= 4 is 23.8 Å². The first-order valence-corrected chi connectivity index (χ1v) is 7.07. The van der Waals surface area contributed by atoms with E-state index in [2.05, 4.69) is 5.32 Å². The molecule has 1 rings (SSSR count). The molecule has 17 heavy (non-hydrogen) atoms. The normalized spacial score (nSPS) is 17.6. The summed E-state index contributed by atoms with van der Waals surface area (Å²) in [6.45, 7) is 4.12. The minimum atomic E-state index is -0.781. The van der Waals surface area contributed by atoms with Crippen LogP contribution in [0.3, 0.4) is 0 Å². The molecule has 98 valence electrons. The lowest BCUT2D eigenvalue weighted by atomic mass is 10.1. The summed E-state index contributed by atoms with van der Waals surface area (Å²) in [4.78, 5) is 23.9. The molecule has 0 saturated carbocycles. The number of hydrogen-bond donors (Lipinski definition) is 2. The average molecular weight is 260 g/mol. The average Bonchev–Trinajstić information content (AvgIpc) is 2.34. The lowest BCUT2D eigenvalue weighted by Crippen LogP contribution is -2.45. The number of nitrogens with zero attached hydrogens (tertiary/aromatic N) is 1. The molecule has 0 spiro atoms. The van der Waals surface area contributed by atoms with E-state index in [-0.39, 0.29) is 18.4 Å². The summed E-state index contributed by atoms with van der Waals surface area (Å²) in [7, 11) is 0. The molecule has 2 N–H and O–H groups in total. The van der Waals surface area contributed by atoms with Crippen molar-refractivity contribution in [3.8, 4) is 0 Å². The number of carboxylic acid groups (broad SMARTS) is 1. The van der Waals surface area contributed by atoms with Crippen LogP contribution in [0.4, 0.5) is 4.79 Å². The van der Waals surface area contributed by atoms with Crippen LogP contribution < -0.4 is 5.32 Å². The van der Waals surface area contributed by atoms with Crippen molar-refractivity contribution in [1.29, 1.82) is 0 Å². The number of aliphatic carboxylic acids is 1. The number of rotatable bonds is 5. The molecule has 6 heteroatoms. The molecule has 2 amide bonds. The highest BCUT2D eigenvalue weighted by Crippen LogP contribution is 2.09. The Morgan fingerprint density at radius 3 is 2.65 bits per heavy atom. The summed E-state index contributed by atoms with van der Waals surface area (Å²) in [6.07, 6.45) is 0.767. The van der Waals surface area contributed by atoms with Gasteiger partial charge in [0.2, 0.25) is 0 Å². The van der Waals surface area contributed by atoms with E-state index in [0.717, 1.165) is 24.6 Å². The molecule has 0 aromatic carbocycles. The van der Waals surface area contributed by atoms with Crippen LogP contribution in [-0.4, -0.2) is 53.1 Å². The van der Waals surface area contributed by atoms with Crippen molar-refractivity contribution in [3.63, 3.8) is 0 Å². The number of nitrogens with one attached hydrogen (secondary N) is 1. The van der Waals surface area contributed by atoms with E-state index >= 15 is 0 Å². The zero-order valence-electron chi connectivity index (χ0n) is 10.1. The SMILES string of the molecule is CC(CCC(=O)O)CNC(=O)N1CCSCC1. The van der Waals surface area contributed by atoms with Crippen LogP contribution in [0.2, 0.25) is 0 Å². The summed E-state index contributed by atoms with van der Waals surface area (Å²) in [5.41, 5.74) is 0. The maximum atomic E-state index is 11.7. The van der Waals surface area contributed by atoms with E-state index in [1.165, 1.54) is 0 Å². The zero-order chi connectivity index (χ0) is 12.7. The summed E-state index contributed by atoms with van der Waals surface area (Å²) >= 11 is 1.86. The Bertz CT molecular complexity index is 267. The van der Waals surface area contributed by atoms with Gasteiger partial charge >= 0.3 is 12.0 Å². The molecule has 0 aromatic heterocycles. The first-order chi connectivity index (χ1) is 8.09. The fraction of sp³-hybridized carbons (Fsp3) is 0.818. The number of carbonyl (C=O) groups is 2. The lowest BCUT2D eigenvalue weighted by molar-refractivity contribution is -0.137. The maximum Gasteiger partial charge on any atom is 0.317 e. The monoisotopic (exact) mass is 260 g/mol. The third kappa shape index (κ3) is 5.81. The molecule has 1 heterocycles. The van der Waals surface area contributed by atoms with Gasteiger partial charge in [0, 0.05) is 37.6 Å². The number of urea groups is 1. The van der Waals surface area contributed by atoms with E-state index in [4.69, 9.17) is 5.11 Å². The molecule has 0 aromatic rings.